The Labute approximate surface area is 166 Å². The summed E-state index contributed by atoms with van der Waals surface area (Å²) in [7, 11) is -3.06. The van der Waals surface area contributed by atoms with Crippen molar-refractivity contribution in [1.82, 2.24) is 10.2 Å². The molecule has 1 N–H and O–H groups in total. The van der Waals surface area contributed by atoms with Gasteiger partial charge >= 0.3 is 0 Å². The molecule has 1 aromatic carbocycles. The minimum atomic E-state index is -3.06. The first-order chi connectivity index (χ1) is 12.8. The maximum Gasteiger partial charge on any atom is 0.244 e. The normalized spacial score (nSPS) is 17.9. The van der Waals surface area contributed by atoms with Crippen LogP contribution in [0.3, 0.4) is 0 Å². The summed E-state index contributed by atoms with van der Waals surface area (Å²) in [6, 6.07) is 6.98. The molecule has 27 heavy (non-hydrogen) atoms. The second kappa shape index (κ2) is 8.00. The minimum absolute atomic E-state index is 0.0380. The number of thiophene rings is 1. The molecule has 2 amide bonds. The van der Waals surface area contributed by atoms with Crippen LogP contribution in [-0.2, 0) is 19.4 Å². The smallest absolute Gasteiger partial charge is 0.244 e. The number of carbonyl (C=O) groups excluding carboxylic acids is 2. The minimum Gasteiger partial charge on any atom is -0.341 e. The fourth-order valence-corrected chi connectivity index (χ4v) is 5.42. The molecule has 1 aliphatic rings. The van der Waals surface area contributed by atoms with Crippen LogP contribution in [0.1, 0.15) is 11.8 Å². The van der Waals surface area contributed by atoms with Crippen molar-refractivity contribution in [2.75, 3.05) is 24.6 Å². The Morgan fingerprint density at radius 2 is 1.93 bits per heavy atom. The van der Waals surface area contributed by atoms with Crippen LogP contribution in [0.4, 0.5) is 0 Å². The van der Waals surface area contributed by atoms with Gasteiger partial charge in [-0.3, -0.25) is 9.59 Å². The molecule has 0 bridgehead atoms. The number of nitrogens with zero attached hydrogens (tertiary/aromatic N) is 1. The molecule has 0 spiro atoms. The van der Waals surface area contributed by atoms with Gasteiger partial charge in [-0.15, -0.1) is 11.3 Å². The zero-order chi connectivity index (χ0) is 19.6. The Morgan fingerprint density at radius 3 is 2.59 bits per heavy atom. The molecule has 0 radical (unpaired) electrons. The Kier molecular flexibility index (Phi) is 5.88. The summed E-state index contributed by atoms with van der Waals surface area (Å²) in [5.74, 6) is -0.770. The van der Waals surface area contributed by atoms with E-state index in [9.17, 15) is 18.0 Å². The first-order valence-corrected chi connectivity index (χ1v) is 11.4. The second-order valence-corrected chi connectivity index (χ2v) is 10.1. The van der Waals surface area contributed by atoms with Crippen LogP contribution in [-0.4, -0.2) is 55.8 Å². The van der Waals surface area contributed by atoms with E-state index in [1.165, 1.54) is 22.3 Å². The molecule has 0 saturated carbocycles. The van der Waals surface area contributed by atoms with Gasteiger partial charge in [-0.05, 0) is 19.1 Å². The van der Waals surface area contributed by atoms with Gasteiger partial charge in [-0.1, -0.05) is 29.8 Å². The Bertz CT molecular complexity index is 1000. The third-order valence-electron chi connectivity index (χ3n) is 4.33. The first-order valence-electron chi connectivity index (χ1n) is 8.41. The van der Waals surface area contributed by atoms with E-state index in [0.717, 1.165) is 15.0 Å². The van der Waals surface area contributed by atoms with E-state index >= 15 is 0 Å². The predicted octanol–water partition coefficient (Wildman–Crippen LogP) is 2.33. The molecule has 9 heteroatoms. The number of benzene rings is 1. The zero-order valence-corrected chi connectivity index (χ0v) is 17.0. The van der Waals surface area contributed by atoms with Crippen LogP contribution in [0.2, 0.25) is 5.02 Å². The lowest BCUT2D eigenvalue weighted by Gasteiger charge is -2.29. The van der Waals surface area contributed by atoms with Gasteiger partial charge in [0.15, 0.2) is 9.84 Å². The average molecular weight is 427 g/mol. The van der Waals surface area contributed by atoms with Crippen molar-refractivity contribution in [2.45, 2.75) is 13.0 Å². The molecule has 1 unspecified atom stereocenters. The molecule has 1 aliphatic heterocycles. The number of fused-ring (bicyclic) bond motifs is 1. The van der Waals surface area contributed by atoms with E-state index in [4.69, 9.17) is 11.6 Å². The highest BCUT2D eigenvalue weighted by molar-refractivity contribution is 7.91. The lowest BCUT2D eigenvalue weighted by Crippen LogP contribution is -2.51. The fraction of sp³-hybridized carbons (Fsp3) is 0.333. The quantitative estimate of drug-likeness (QED) is 0.760. The van der Waals surface area contributed by atoms with Crippen LogP contribution in [0.25, 0.3) is 16.2 Å². The number of sulfone groups is 1. The molecular formula is C18H19ClN2O4S2. The van der Waals surface area contributed by atoms with Crippen LogP contribution >= 0.6 is 22.9 Å². The molecule has 2 heterocycles. The standard InChI is InChI=1S/C18H19ClN2O4S2/c1-12(18(23)21-8-10-27(24,25)11-9-21)20-16(22)7-6-15-17(19)13-4-2-3-5-14(13)26-15/h2-7,12H,8-11H2,1H3,(H,20,22). The molecule has 144 valence electrons. The molecule has 0 aliphatic carbocycles. The number of hydrogen-bond donors (Lipinski definition) is 1. The van der Waals surface area contributed by atoms with Gasteiger partial charge in [-0.2, -0.15) is 0 Å². The number of nitrogens with one attached hydrogen (secondary N) is 1. The predicted molar refractivity (Wildman–Crippen MR) is 109 cm³/mol. The molecule has 2 aromatic rings. The van der Waals surface area contributed by atoms with E-state index in [1.54, 1.807) is 13.0 Å². The topological polar surface area (TPSA) is 83.6 Å². The molecule has 1 saturated heterocycles. The van der Waals surface area contributed by atoms with Gasteiger partial charge in [0.2, 0.25) is 11.8 Å². The molecule has 6 nitrogen and oxygen atoms in total. The van der Waals surface area contributed by atoms with Crippen molar-refractivity contribution in [3.8, 4) is 0 Å². The van der Waals surface area contributed by atoms with Gasteiger partial charge in [0.05, 0.1) is 16.5 Å². The van der Waals surface area contributed by atoms with Crippen LogP contribution in [0.5, 0.6) is 0 Å². The number of halogens is 1. The summed E-state index contributed by atoms with van der Waals surface area (Å²) in [6.45, 7) is 1.91. The summed E-state index contributed by atoms with van der Waals surface area (Å²) in [5.41, 5.74) is 0. The molecule has 1 aromatic heterocycles. The van der Waals surface area contributed by atoms with Crippen molar-refractivity contribution < 1.29 is 18.0 Å². The Balaban J connectivity index is 1.60. The molecule has 3 rings (SSSR count). The van der Waals surface area contributed by atoms with Gasteiger partial charge in [-0.25, -0.2) is 8.42 Å². The van der Waals surface area contributed by atoms with Crippen molar-refractivity contribution in [3.63, 3.8) is 0 Å². The fourth-order valence-electron chi connectivity index (χ4n) is 2.82. The Morgan fingerprint density at radius 1 is 1.26 bits per heavy atom. The lowest BCUT2D eigenvalue weighted by atomic mass is 10.2. The summed E-state index contributed by atoms with van der Waals surface area (Å²) in [6.07, 6.45) is 2.98. The monoisotopic (exact) mass is 426 g/mol. The van der Waals surface area contributed by atoms with E-state index < -0.39 is 21.8 Å². The van der Waals surface area contributed by atoms with Crippen LogP contribution < -0.4 is 5.32 Å². The van der Waals surface area contributed by atoms with Crippen molar-refractivity contribution in [1.29, 1.82) is 0 Å². The third-order valence-corrected chi connectivity index (χ3v) is 7.60. The summed E-state index contributed by atoms with van der Waals surface area (Å²) in [4.78, 5) is 26.7. The van der Waals surface area contributed by atoms with Gasteiger partial charge < -0.3 is 10.2 Å². The number of rotatable bonds is 4. The molecular weight excluding hydrogens is 408 g/mol. The highest BCUT2D eigenvalue weighted by Crippen LogP contribution is 2.35. The highest BCUT2D eigenvalue weighted by atomic mass is 35.5. The van der Waals surface area contributed by atoms with E-state index in [1.807, 2.05) is 24.3 Å². The third kappa shape index (κ3) is 4.69. The van der Waals surface area contributed by atoms with E-state index in [-0.39, 0.29) is 30.5 Å². The van der Waals surface area contributed by atoms with Crippen molar-refractivity contribution >= 4 is 60.8 Å². The number of carbonyl (C=O) groups is 2. The summed E-state index contributed by atoms with van der Waals surface area (Å²) in [5, 5.41) is 4.15. The summed E-state index contributed by atoms with van der Waals surface area (Å²) >= 11 is 7.82. The van der Waals surface area contributed by atoms with Crippen LogP contribution in [0.15, 0.2) is 30.3 Å². The highest BCUT2D eigenvalue weighted by Gasteiger charge is 2.28. The number of hydrogen-bond acceptors (Lipinski definition) is 5. The second-order valence-electron chi connectivity index (χ2n) is 6.32. The van der Waals surface area contributed by atoms with E-state index in [0.29, 0.717) is 5.02 Å². The van der Waals surface area contributed by atoms with E-state index in [2.05, 4.69) is 5.32 Å². The average Bonchev–Trinajstić information content (AvgIpc) is 2.95. The maximum atomic E-state index is 12.4. The lowest BCUT2D eigenvalue weighted by molar-refractivity contribution is -0.134. The van der Waals surface area contributed by atoms with Crippen molar-refractivity contribution in [3.05, 3.63) is 40.2 Å². The first kappa shape index (κ1) is 19.9. The van der Waals surface area contributed by atoms with Gasteiger partial charge in [0, 0.05) is 34.1 Å². The zero-order valence-electron chi connectivity index (χ0n) is 14.6. The SMILES string of the molecule is CC(NC(=O)C=Cc1sc2ccccc2c1Cl)C(=O)N1CCS(=O)(=O)CC1. The van der Waals surface area contributed by atoms with Crippen molar-refractivity contribution in [2.24, 2.45) is 0 Å². The van der Waals surface area contributed by atoms with Gasteiger partial charge in [0.1, 0.15) is 6.04 Å². The largest absolute Gasteiger partial charge is 0.341 e. The van der Waals surface area contributed by atoms with Gasteiger partial charge in [0.25, 0.3) is 0 Å². The Hall–Kier alpha value is -1.90. The van der Waals surface area contributed by atoms with Crippen LogP contribution in [0, 0.1) is 0 Å². The maximum absolute atomic E-state index is 12.4. The number of amides is 2. The molecule has 1 atom stereocenters. The molecule has 1 fully saturated rings. The summed E-state index contributed by atoms with van der Waals surface area (Å²) < 4.78 is 23.9.